The van der Waals surface area contributed by atoms with Gasteiger partial charge in [0.15, 0.2) is 0 Å². The highest BCUT2D eigenvalue weighted by atomic mass is 32.2. The third-order valence-corrected chi connectivity index (χ3v) is 7.92. The molecule has 1 saturated heterocycles. The zero-order chi connectivity index (χ0) is 22.0. The van der Waals surface area contributed by atoms with Crippen LogP contribution in [0, 0.1) is 5.92 Å². The normalized spacial score (nSPS) is 18.4. The van der Waals surface area contributed by atoms with Crippen LogP contribution in [0.3, 0.4) is 0 Å². The van der Waals surface area contributed by atoms with Crippen molar-refractivity contribution >= 4 is 15.9 Å². The maximum atomic E-state index is 12.9. The molecule has 168 valence electrons. The average Bonchev–Trinajstić information content (AvgIpc) is 3.17. The Bertz CT molecular complexity index is 1010. The number of aromatic nitrogens is 3. The Kier molecular flexibility index (Phi) is 6.43. The number of sulfonamides is 1. The van der Waals surface area contributed by atoms with Gasteiger partial charge in [-0.15, -0.1) is 10.2 Å². The Balaban J connectivity index is 1.39. The van der Waals surface area contributed by atoms with Gasteiger partial charge in [0.1, 0.15) is 11.6 Å². The molecule has 0 saturated carbocycles. The highest BCUT2D eigenvalue weighted by Crippen LogP contribution is 2.29. The number of amides is 1. The van der Waals surface area contributed by atoms with E-state index in [9.17, 15) is 13.2 Å². The van der Waals surface area contributed by atoms with Crippen molar-refractivity contribution in [1.29, 1.82) is 0 Å². The molecule has 0 N–H and O–H groups in total. The molecule has 1 aromatic carbocycles. The third kappa shape index (κ3) is 4.98. The monoisotopic (exact) mass is 445 g/mol. The van der Waals surface area contributed by atoms with E-state index in [0.29, 0.717) is 31.3 Å². The molecule has 9 heteroatoms. The number of likely N-dealkylation sites (tertiary alicyclic amines) is 1. The van der Waals surface area contributed by atoms with Crippen molar-refractivity contribution in [3.63, 3.8) is 0 Å². The van der Waals surface area contributed by atoms with Gasteiger partial charge in [0.25, 0.3) is 0 Å². The van der Waals surface area contributed by atoms with Gasteiger partial charge >= 0.3 is 0 Å². The Morgan fingerprint density at radius 2 is 1.77 bits per heavy atom. The van der Waals surface area contributed by atoms with Crippen molar-refractivity contribution in [1.82, 2.24) is 24.0 Å². The van der Waals surface area contributed by atoms with E-state index in [2.05, 4.69) is 28.6 Å². The molecule has 0 spiro atoms. The number of benzene rings is 1. The summed E-state index contributed by atoms with van der Waals surface area (Å²) in [6.45, 7) is 6.88. The molecule has 3 heterocycles. The maximum absolute atomic E-state index is 12.9. The smallest absolute Gasteiger partial charge is 0.222 e. The number of hydrogen-bond donors (Lipinski definition) is 0. The molecule has 1 fully saturated rings. The molecular formula is C22H31N5O3S. The van der Waals surface area contributed by atoms with Gasteiger partial charge in [0.05, 0.1) is 12.3 Å². The van der Waals surface area contributed by atoms with Crippen molar-refractivity contribution in [3.05, 3.63) is 47.5 Å². The first-order valence-corrected chi connectivity index (χ1v) is 12.7. The van der Waals surface area contributed by atoms with E-state index >= 15 is 0 Å². The standard InChI is InChI=1S/C22H31N5O3S/c1-17(2)14-21(28)25-10-8-19(9-11-25)22-24-23-20-15-26(12-13-27(20)22)31(29,30)16-18-6-4-3-5-7-18/h3-7,17,19H,8-16H2,1-2H3. The second kappa shape index (κ2) is 9.08. The van der Waals surface area contributed by atoms with Gasteiger partial charge in [-0.1, -0.05) is 44.2 Å². The minimum atomic E-state index is -3.41. The first kappa shape index (κ1) is 22.0. The van der Waals surface area contributed by atoms with Gasteiger partial charge in [0, 0.05) is 38.5 Å². The molecule has 2 aliphatic heterocycles. The van der Waals surface area contributed by atoms with E-state index in [1.807, 2.05) is 35.2 Å². The molecule has 0 radical (unpaired) electrons. The highest BCUT2D eigenvalue weighted by Gasteiger charge is 2.33. The molecule has 31 heavy (non-hydrogen) atoms. The molecule has 2 aromatic rings. The number of piperidine rings is 1. The van der Waals surface area contributed by atoms with Gasteiger partial charge in [-0.2, -0.15) is 4.31 Å². The van der Waals surface area contributed by atoms with Gasteiger partial charge in [0.2, 0.25) is 15.9 Å². The molecular weight excluding hydrogens is 414 g/mol. The first-order valence-electron chi connectivity index (χ1n) is 11.0. The summed E-state index contributed by atoms with van der Waals surface area (Å²) >= 11 is 0. The summed E-state index contributed by atoms with van der Waals surface area (Å²) in [7, 11) is -3.41. The number of carbonyl (C=O) groups is 1. The number of hydrogen-bond acceptors (Lipinski definition) is 5. The van der Waals surface area contributed by atoms with Crippen LogP contribution in [0.15, 0.2) is 30.3 Å². The number of fused-ring (bicyclic) bond motifs is 1. The van der Waals surface area contributed by atoms with Crippen LogP contribution >= 0.6 is 0 Å². The van der Waals surface area contributed by atoms with Crippen molar-refractivity contribution in [3.8, 4) is 0 Å². The zero-order valence-corrected chi connectivity index (χ0v) is 19.1. The minimum absolute atomic E-state index is 0.00228. The van der Waals surface area contributed by atoms with E-state index in [-0.39, 0.29) is 24.1 Å². The predicted molar refractivity (Wildman–Crippen MR) is 118 cm³/mol. The Morgan fingerprint density at radius 1 is 1.06 bits per heavy atom. The first-order chi connectivity index (χ1) is 14.8. The van der Waals surface area contributed by atoms with Crippen molar-refractivity contribution < 1.29 is 13.2 Å². The summed E-state index contributed by atoms with van der Waals surface area (Å²) in [6, 6.07) is 9.25. The average molecular weight is 446 g/mol. The Morgan fingerprint density at radius 3 is 2.45 bits per heavy atom. The lowest BCUT2D eigenvalue weighted by atomic mass is 9.95. The molecule has 8 nitrogen and oxygen atoms in total. The summed E-state index contributed by atoms with van der Waals surface area (Å²) in [6.07, 6.45) is 2.34. The van der Waals surface area contributed by atoms with Crippen LogP contribution in [0.5, 0.6) is 0 Å². The molecule has 1 amide bonds. The van der Waals surface area contributed by atoms with Crippen molar-refractivity contribution in [2.24, 2.45) is 5.92 Å². The predicted octanol–water partition coefficient (Wildman–Crippen LogP) is 2.38. The highest BCUT2D eigenvalue weighted by molar-refractivity contribution is 7.88. The fourth-order valence-electron chi connectivity index (χ4n) is 4.44. The van der Waals surface area contributed by atoms with E-state index in [1.54, 1.807) is 0 Å². The van der Waals surface area contributed by atoms with Crippen molar-refractivity contribution in [2.75, 3.05) is 19.6 Å². The zero-order valence-electron chi connectivity index (χ0n) is 18.3. The molecule has 0 aliphatic carbocycles. The molecule has 4 rings (SSSR count). The van der Waals surface area contributed by atoms with Crippen LogP contribution in [0.2, 0.25) is 0 Å². The van der Waals surface area contributed by atoms with Gasteiger partial charge in [-0.05, 0) is 24.3 Å². The maximum Gasteiger partial charge on any atom is 0.222 e. The third-order valence-electron chi connectivity index (χ3n) is 6.13. The van der Waals surface area contributed by atoms with Crippen LogP contribution in [0.25, 0.3) is 0 Å². The van der Waals surface area contributed by atoms with Crippen LogP contribution in [0.1, 0.15) is 56.2 Å². The van der Waals surface area contributed by atoms with Crippen LogP contribution < -0.4 is 0 Å². The summed E-state index contributed by atoms with van der Waals surface area (Å²) in [5.41, 5.74) is 0.786. The molecule has 1 aromatic heterocycles. The topological polar surface area (TPSA) is 88.4 Å². The summed E-state index contributed by atoms with van der Waals surface area (Å²) in [5.74, 6) is 2.50. The lowest BCUT2D eigenvalue weighted by Gasteiger charge is -2.33. The van der Waals surface area contributed by atoms with Gasteiger partial charge < -0.3 is 9.47 Å². The molecule has 0 atom stereocenters. The van der Waals surface area contributed by atoms with Crippen LogP contribution in [-0.4, -0.2) is 57.9 Å². The van der Waals surface area contributed by atoms with Crippen LogP contribution in [0.4, 0.5) is 0 Å². The summed E-state index contributed by atoms with van der Waals surface area (Å²) < 4.78 is 29.4. The Labute approximate surface area is 184 Å². The van der Waals surface area contributed by atoms with E-state index < -0.39 is 10.0 Å². The number of rotatable bonds is 6. The largest absolute Gasteiger partial charge is 0.343 e. The lowest BCUT2D eigenvalue weighted by Crippen LogP contribution is -2.41. The molecule has 2 aliphatic rings. The SMILES string of the molecule is CC(C)CC(=O)N1CCC(c2nnc3n2CCN(S(=O)(=O)Cc2ccccc2)C3)CC1. The van der Waals surface area contributed by atoms with Crippen LogP contribution in [-0.2, 0) is 33.7 Å². The lowest BCUT2D eigenvalue weighted by molar-refractivity contribution is -0.133. The van der Waals surface area contributed by atoms with E-state index in [0.717, 1.165) is 37.3 Å². The fourth-order valence-corrected chi connectivity index (χ4v) is 5.91. The second-order valence-corrected chi connectivity index (χ2v) is 10.9. The molecule has 0 bridgehead atoms. The van der Waals surface area contributed by atoms with E-state index in [4.69, 9.17) is 0 Å². The van der Waals surface area contributed by atoms with Gasteiger partial charge in [-0.3, -0.25) is 4.79 Å². The quantitative estimate of drug-likeness (QED) is 0.681. The summed E-state index contributed by atoms with van der Waals surface area (Å²) in [5, 5.41) is 8.75. The summed E-state index contributed by atoms with van der Waals surface area (Å²) in [4.78, 5) is 14.3. The van der Waals surface area contributed by atoms with Gasteiger partial charge in [-0.25, -0.2) is 8.42 Å². The minimum Gasteiger partial charge on any atom is -0.343 e. The number of nitrogens with zero attached hydrogens (tertiary/aromatic N) is 5. The molecule has 0 unspecified atom stereocenters. The van der Waals surface area contributed by atoms with Crippen molar-refractivity contribution in [2.45, 2.75) is 57.9 Å². The van der Waals surface area contributed by atoms with E-state index in [1.165, 1.54) is 4.31 Å². The Hall–Kier alpha value is -2.26. The number of carbonyl (C=O) groups excluding carboxylic acids is 1. The second-order valence-electron chi connectivity index (χ2n) is 8.95. The fraction of sp³-hybridized carbons (Fsp3) is 0.591.